The summed E-state index contributed by atoms with van der Waals surface area (Å²) >= 11 is 0. The van der Waals surface area contributed by atoms with Crippen molar-refractivity contribution in [3.63, 3.8) is 0 Å². The molecule has 0 spiro atoms. The van der Waals surface area contributed by atoms with Gasteiger partial charge in [-0.05, 0) is 35.2 Å². The summed E-state index contributed by atoms with van der Waals surface area (Å²) in [7, 11) is 0. The van der Waals surface area contributed by atoms with E-state index >= 15 is 0 Å². The zero-order chi connectivity index (χ0) is 16.8. The fraction of sp³-hybridized carbons (Fsp3) is 0.0476. The number of ketones is 1. The number of hydrogen-bond donors (Lipinski definition) is 0. The molecule has 25 heavy (non-hydrogen) atoms. The Morgan fingerprint density at radius 3 is 2.52 bits per heavy atom. The molecule has 0 bridgehead atoms. The number of fused-ring (bicyclic) bond motifs is 2. The van der Waals surface area contributed by atoms with Crippen molar-refractivity contribution < 1.29 is 4.79 Å². The largest absolute Gasteiger partial charge is 0.285 e. The Bertz CT molecular complexity index is 1140. The highest BCUT2D eigenvalue weighted by atomic mass is 16.1. The van der Waals surface area contributed by atoms with Crippen LogP contribution in [0.2, 0.25) is 0 Å². The van der Waals surface area contributed by atoms with Crippen LogP contribution in [0.4, 0.5) is 0 Å². The summed E-state index contributed by atoms with van der Waals surface area (Å²) in [4.78, 5) is 26.2. The molecule has 0 N–H and O–H groups in total. The molecule has 4 aromatic rings. The standard InChI is InChI=1S/C21H13N3O/c25-21-19-16(7-4-9-22-19)18-17-14(8-10-23-20(17)21)12-15(24-18)11-13-5-2-1-3-6-13/h1-10,12H,11H2. The highest BCUT2D eigenvalue weighted by molar-refractivity contribution is 6.23. The van der Waals surface area contributed by atoms with Crippen molar-refractivity contribution in [2.45, 2.75) is 6.42 Å². The van der Waals surface area contributed by atoms with Crippen LogP contribution in [0.3, 0.4) is 0 Å². The van der Waals surface area contributed by atoms with Crippen molar-refractivity contribution in [3.05, 3.63) is 89.6 Å². The van der Waals surface area contributed by atoms with Gasteiger partial charge in [0.25, 0.3) is 0 Å². The molecule has 0 aliphatic heterocycles. The Hall–Kier alpha value is -3.40. The second-order valence-electron chi connectivity index (χ2n) is 6.11. The van der Waals surface area contributed by atoms with Crippen LogP contribution in [0.1, 0.15) is 27.4 Å². The summed E-state index contributed by atoms with van der Waals surface area (Å²) in [6.07, 6.45) is 4.06. The second-order valence-corrected chi connectivity index (χ2v) is 6.11. The number of rotatable bonds is 2. The maximum Gasteiger partial charge on any atom is 0.231 e. The maximum atomic E-state index is 12.7. The van der Waals surface area contributed by atoms with Crippen LogP contribution in [0.25, 0.3) is 22.0 Å². The van der Waals surface area contributed by atoms with Crippen molar-refractivity contribution in [1.29, 1.82) is 0 Å². The minimum Gasteiger partial charge on any atom is -0.285 e. The Morgan fingerprint density at radius 1 is 0.800 bits per heavy atom. The number of carbonyl (C=O) groups excluding carboxylic acids is 1. The van der Waals surface area contributed by atoms with Gasteiger partial charge in [-0.15, -0.1) is 0 Å². The second kappa shape index (κ2) is 5.31. The lowest BCUT2D eigenvalue weighted by molar-refractivity contribution is 0.103. The van der Waals surface area contributed by atoms with E-state index in [2.05, 4.69) is 22.1 Å². The van der Waals surface area contributed by atoms with Crippen molar-refractivity contribution in [2.24, 2.45) is 0 Å². The maximum absolute atomic E-state index is 12.7. The monoisotopic (exact) mass is 323 g/mol. The third-order valence-corrected chi connectivity index (χ3v) is 4.52. The lowest BCUT2D eigenvalue weighted by atomic mass is 9.91. The summed E-state index contributed by atoms with van der Waals surface area (Å²) in [6, 6.07) is 18.0. The van der Waals surface area contributed by atoms with E-state index in [0.717, 1.165) is 34.1 Å². The van der Waals surface area contributed by atoms with Crippen molar-refractivity contribution in [3.8, 4) is 11.3 Å². The number of pyridine rings is 3. The molecule has 0 atom stereocenters. The summed E-state index contributed by atoms with van der Waals surface area (Å²) in [5.74, 6) is -0.133. The minimum absolute atomic E-state index is 0.133. The minimum atomic E-state index is -0.133. The molecule has 3 aromatic heterocycles. The van der Waals surface area contributed by atoms with Gasteiger partial charge in [0, 0.05) is 35.5 Å². The summed E-state index contributed by atoms with van der Waals surface area (Å²) in [5.41, 5.74) is 4.63. The molecule has 118 valence electrons. The molecule has 0 fully saturated rings. The molecule has 1 aliphatic rings. The van der Waals surface area contributed by atoms with Gasteiger partial charge in [0.15, 0.2) is 0 Å². The molecule has 0 unspecified atom stereocenters. The number of hydrogen-bond acceptors (Lipinski definition) is 4. The molecular weight excluding hydrogens is 310 g/mol. The number of carbonyl (C=O) groups is 1. The van der Waals surface area contributed by atoms with Crippen LogP contribution in [-0.4, -0.2) is 20.7 Å². The molecule has 1 aliphatic carbocycles. The third kappa shape index (κ3) is 2.15. The van der Waals surface area contributed by atoms with Crippen LogP contribution in [0.15, 0.2) is 67.0 Å². The number of aromatic nitrogens is 3. The predicted octanol–water partition coefficient (Wildman–Crippen LogP) is 3.83. The van der Waals surface area contributed by atoms with E-state index in [1.165, 1.54) is 5.56 Å². The number of nitrogens with zero attached hydrogens (tertiary/aromatic N) is 3. The van der Waals surface area contributed by atoms with Gasteiger partial charge in [-0.1, -0.05) is 30.3 Å². The van der Waals surface area contributed by atoms with Crippen molar-refractivity contribution >= 4 is 16.6 Å². The van der Waals surface area contributed by atoms with E-state index in [4.69, 9.17) is 4.98 Å². The van der Waals surface area contributed by atoms with E-state index in [0.29, 0.717) is 11.4 Å². The molecule has 0 radical (unpaired) electrons. The molecule has 0 amide bonds. The first kappa shape index (κ1) is 14.0. The molecule has 3 heterocycles. The van der Waals surface area contributed by atoms with Crippen molar-refractivity contribution in [2.75, 3.05) is 0 Å². The van der Waals surface area contributed by atoms with Crippen LogP contribution in [-0.2, 0) is 6.42 Å². The lowest BCUT2D eigenvalue weighted by Crippen LogP contribution is -2.15. The lowest BCUT2D eigenvalue weighted by Gasteiger charge is -2.18. The van der Waals surface area contributed by atoms with Crippen LogP contribution >= 0.6 is 0 Å². The molecule has 4 heteroatoms. The molecule has 0 saturated heterocycles. The molecule has 1 aromatic carbocycles. The third-order valence-electron chi connectivity index (χ3n) is 4.52. The van der Waals surface area contributed by atoms with E-state index in [1.54, 1.807) is 12.4 Å². The van der Waals surface area contributed by atoms with Gasteiger partial charge in [-0.2, -0.15) is 0 Å². The van der Waals surface area contributed by atoms with Gasteiger partial charge in [0.1, 0.15) is 11.4 Å². The van der Waals surface area contributed by atoms with Crippen molar-refractivity contribution in [1.82, 2.24) is 15.0 Å². The number of benzene rings is 1. The topological polar surface area (TPSA) is 55.7 Å². The summed E-state index contributed by atoms with van der Waals surface area (Å²) in [5, 5.41) is 1.81. The Kier molecular flexibility index (Phi) is 2.97. The highest BCUT2D eigenvalue weighted by Crippen LogP contribution is 2.36. The first-order chi connectivity index (χ1) is 12.3. The zero-order valence-electron chi connectivity index (χ0n) is 13.3. The van der Waals surface area contributed by atoms with Gasteiger partial charge in [0.2, 0.25) is 5.78 Å². The van der Waals surface area contributed by atoms with Gasteiger partial charge in [0.05, 0.1) is 5.69 Å². The molecule has 0 saturated carbocycles. The van der Waals surface area contributed by atoms with E-state index < -0.39 is 0 Å². The van der Waals surface area contributed by atoms with Crippen LogP contribution in [0, 0.1) is 0 Å². The fourth-order valence-corrected chi connectivity index (χ4v) is 3.41. The zero-order valence-corrected chi connectivity index (χ0v) is 13.3. The van der Waals surface area contributed by atoms with Crippen LogP contribution < -0.4 is 0 Å². The van der Waals surface area contributed by atoms with Crippen LogP contribution in [0.5, 0.6) is 0 Å². The SMILES string of the molecule is O=C1c2ncccc2-c2nc(Cc3ccccc3)cc3ccnc1c23. The van der Waals surface area contributed by atoms with E-state index in [9.17, 15) is 4.79 Å². The Labute approximate surface area is 144 Å². The fourth-order valence-electron chi connectivity index (χ4n) is 3.41. The Morgan fingerprint density at radius 2 is 1.64 bits per heavy atom. The molecular formula is C21H13N3O. The van der Waals surface area contributed by atoms with E-state index in [-0.39, 0.29) is 5.78 Å². The first-order valence-electron chi connectivity index (χ1n) is 8.14. The average molecular weight is 323 g/mol. The summed E-state index contributed by atoms with van der Waals surface area (Å²) in [6.45, 7) is 0. The van der Waals surface area contributed by atoms with E-state index in [1.807, 2.05) is 42.5 Å². The molecule has 5 rings (SSSR count). The summed E-state index contributed by atoms with van der Waals surface area (Å²) < 4.78 is 0. The average Bonchev–Trinajstić information content (AvgIpc) is 2.66. The Balaban J connectivity index is 1.78. The normalized spacial score (nSPS) is 12.2. The van der Waals surface area contributed by atoms with Gasteiger partial charge in [-0.3, -0.25) is 19.7 Å². The van der Waals surface area contributed by atoms with Gasteiger partial charge >= 0.3 is 0 Å². The quantitative estimate of drug-likeness (QED) is 0.495. The predicted molar refractivity (Wildman–Crippen MR) is 95.4 cm³/mol. The first-order valence-corrected chi connectivity index (χ1v) is 8.14. The molecule has 4 nitrogen and oxygen atoms in total. The highest BCUT2D eigenvalue weighted by Gasteiger charge is 2.28. The van der Waals surface area contributed by atoms with Gasteiger partial charge in [-0.25, -0.2) is 0 Å². The van der Waals surface area contributed by atoms with Gasteiger partial charge < -0.3 is 0 Å². The smallest absolute Gasteiger partial charge is 0.231 e.